The summed E-state index contributed by atoms with van der Waals surface area (Å²) < 4.78 is 0. The van der Waals surface area contributed by atoms with Gasteiger partial charge in [-0.3, -0.25) is 14.9 Å². The molecule has 172 valence electrons. The molecule has 0 aliphatic rings. The summed E-state index contributed by atoms with van der Waals surface area (Å²) >= 11 is 0. The summed E-state index contributed by atoms with van der Waals surface area (Å²) in [4.78, 5) is 12.4. The largest absolute Gasteiger partial charge is 0.291 e. The van der Waals surface area contributed by atoms with Crippen molar-refractivity contribution >= 4 is 0 Å². The van der Waals surface area contributed by atoms with Crippen LogP contribution in [-0.4, -0.2) is 21.4 Å². The van der Waals surface area contributed by atoms with E-state index in [1.54, 1.807) is 0 Å². The van der Waals surface area contributed by atoms with Gasteiger partial charge in [0.1, 0.15) is 0 Å². The maximum atomic E-state index is 4.98. The second kappa shape index (κ2) is 11.4. The number of benzene rings is 3. The topological polar surface area (TPSA) is 29.0 Å². The fourth-order valence-corrected chi connectivity index (χ4v) is 4.28. The van der Waals surface area contributed by atoms with Crippen molar-refractivity contribution in [3.8, 4) is 22.5 Å². The van der Waals surface area contributed by atoms with E-state index in [9.17, 15) is 0 Å². The van der Waals surface area contributed by atoms with Crippen molar-refractivity contribution in [2.24, 2.45) is 0 Å². The Bertz CT molecular complexity index is 1250. The highest BCUT2D eigenvalue weighted by molar-refractivity contribution is 5.59. The number of aromatic nitrogens is 2. The molecular weight excluding hydrogens is 426 g/mol. The lowest BCUT2D eigenvalue weighted by molar-refractivity contribution is 0.254. The molecule has 0 fully saturated rings. The van der Waals surface area contributed by atoms with Gasteiger partial charge in [0.2, 0.25) is 0 Å². The molecule has 35 heavy (non-hydrogen) atoms. The van der Waals surface area contributed by atoms with Gasteiger partial charge in [-0.1, -0.05) is 103 Å². The van der Waals surface area contributed by atoms with Crippen LogP contribution >= 0.6 is 0 Å². The lowest BCUT2D eigenvalue weighted by Gasteiger charge is -2.22. The molecule has 3 heteroatoms. The Hall–Kier alpha value is -4.08. The molecule has 0 saturated carbocycles. The van der Waals surface area contributed by atoms with Crippen molar-refractivity contribution in [1.82, 2.24) is 14.9 Å². The molecule has 5 rings (SSSR count). The fraction of sp³-hybridized carbons (Fsp3) is 0.125. The average molecular weight is 456 g/mol. The second-order valence-corrected chi connectivity index (χ2v) is 8.71. The maximum absolute atomic E-state index is 4.98. The summed E-state index contributed by atoms with van der Waals surface area (Å²) in [6.45, 7) is 2.47. The molecule has 0 radical (unpaired) electrons. The standard InChI is InChI=1S/C32H29N3/c1-4-12-26(13-5-1)22-23-35(24-29-18-10-20-31(33-29)27-14-6-2-7-15-27)25-30-19-11-21-32(34-30)28-16-8-3-9-17-28/h1-21H,22-25H2. The number of nitrogens with zero attached hydrogens (tertiary/aromatic N) is 3. The SMILES string of the molecule is c1ccc(CCN(Cc2cccc(-c3ccccc3)n2)Cc2cccc(-c3ccccc3)n2)cc1. The lowest BCUT2D eigenvalue weighted by Crippen LogP contribution is -2.26. The Morgan fingerprint density at radius 2 is 0.914 bits per heavy atom. The summed E-state index contributed by atoms with van der Waals surface area (Å²) in [6.07, 6.45) is 0.984. The number of pyridine rings is 2. The van der Waals surface area contributed by atoms with Gasteiger partial charge in [-0.25, -0.2) is 0 Å². The van der Waals surface area contributed by atoms with Crippen LogP contribution in [0.25, 0.3) is 22.5 Å². The van der Waals surface area contributed by atoms with E-state index >= 15 is 0 Å². The Morgan fingerprint density at radius 1 is 0.457 bits per heavy atom. The minimum absolute atomic E-state index is 0.769. The van der Waals surface area contributed by atoms with Crippen LogP contribution in [0.2, 0.25) is 0 Å². The van der Waals surface area contributed by atoms with Crippen LogP contribution < -0.4 is 0 Å². The third kappa shape index (κ3) is 6.28. The summed E-state index contributed by atoms with van der Waals surface area (Å²) in [5.74, 6) is 0. The van der Waals surface area contributed by atoms with Gasteiger partial charge in [0.15, 0.2) is 0 Å². The van der Waals surface area contributed by atoms with E-state index in [1.165, 1.54) is 5.56 Å². The van der Waals surface area contributed by atoms with Crippen molar-refractivity contribution in [1.29, 1.82) is 0 Å². The van der Waals surface area contributed by atoms with E-state index in [0.717, 1.165) is 60.0 Å². The van der Waals surface area contributed by atoms with Crippen LogP contribution in [0.15, 0.2) is 127 Å². The Labute approximate surface area is 207 Å². The van der Waals surface area contributed by atoms with Crippen molar-refractivity contribution in [3.05, 3.63) is 144 Å². The van der Waals surface area contributed by atoms with Gasteiger partial charge in [-0.15, -0.1) is 0 Å². The predicted molar refractivity (Wildman–Crippen MR) is 144 cm³/mol. The summed E-state index contributed by atoms with van der Waals surface area (Å²) in [5.41, 5.74) is 7.78. The normalized spacial score (nSPS) is 11.0. The van der Waals surface area contributed by atoms with E-state index in [1.807, 2.05) is 12.1 Å². The first kappa shape index (κ1) is 22.7. The Balaban J connectivity index is 1.37. The van der Waals surface area contributed by atoms with Crippen LogP contribution in [0.4, 0.5) is 0 Å². The predicted octanol–water partition coefficient (Wildman–Crippen LogP) is 7.06. The van der Waals surface area contributed by atoms with Gasteiger partial charge in [-0.05, 0) is 36.2 Å². The molecule has 2 aromatic heterocycles. The highest BCUT2D eigenvalue weighted by Crippen LogP contribution is 2.20. The molecule has 2 heterocycles. The second-order valence-electron chi connectivity index (χ2n) is 8.71. The quantitative estimate of drug-likeness (QED) is 0.238. The fourth-order valence-electron chi connectivity index (χ4n) is 4.28. The zero-order valence-electron chi connectivity index (χ0n) is 19.8. The molecule has 0 N–H and O–H groups in total. The van der Waals surface area contributed by atoms with E-state index in [2.05, 4.69) is 120 Å². The van der Waals surface area contributed by atoms with E-state index in [0.29, 0.717) is 0 Å². The third-order valence-electron chi connectivity index (χ3n) is 6.08. The zero-order valence-corrected chi connectivity index (χ0v) is 19.8. The first-order chi connectivity index (χ1) is 17.3. The molecule has 0 amide bonds. The third-order valence-corrected chi connectivity index (χ3v) is 6.08. The van der Waals surface area contributed by atoms with Crippen molar-refractivity contribution in [3.63, 3.8) is 0 Å². The van der Waals surface area contributed by atoms with E-state index in [-0.39, 0.29) is 0 Å². The molecule has 5 aromatic rings. The first-order valence-electron chi connectivity index (χ1n) is 12.1. The van der Waals surface area contributed by atoms with Crippen LogP contribution in [-0.2, 0) is 19.5 Å². The van der Waals surface area contributed by atoms with Gasteiger partial charge in [0.05, 0.1) is 22.8 Å². The number of hydrogen-bond donors (Lipinski definition) is 0. The van der Waals surface area contributed by atoms with Crippen LogP contribution in [0.1, 0.15) is 17.0 Å². The number of hydrogen-bond acceptors (Lipinski definition) is 3. The molecule has 3 nitrogen and oxygen atoms in total. The summed E-state index contributed by atoms with van der Waals surface area (Å²) in [5, 5.41) is 0. The van der Waals surface area contributed by atoms with Crippen LogP contribution in [0.3, 0.4) is 0 Å². The Kier molecular flexibility index (Phi) is 7.37. The van der Waals surface area contributed by atoms with Gasteiger partial charge in [0.25, 0.3) is 0 Å². The molecular formula is C32H29N3. The smallest absolute Gasteiger partial charge is 0.0705 e. The summed E-state index contributed by atoms with van der Waals surface area (Å²) in [6, 6.07) is 44.0. The van der Waals surface area contributed by atoms with Gasteiger partial charge < -0.3 is 0 Å². The van der Waals surface area contributed by atoms with Crippen LogP contribution in [0, 0.1) is 0 Å². The maximum Gasteiger partial charge on any atom is 0.0705 e. The summed E-state index contributed by atoms with van der Waals surface area (Å²) in [7, 11) is 0. The first-order valence-corrected chi connectivity index (χ1v) is 12.1. The molecule has 0 aliphatic carbocycles. The lowest BCUT2D eigenvalue weighted by atomic mass is 10.1. The van der Waals surface area contributed by atoms with Crippen molar-refractivity contribution in [2.45, 2.75) is 19.5 Å². The minimum atomic E-state index is 0.769. The van der Waals surface area contributed by atoms with Gasteiger partial charge in [0, 0.05) is 30.8 Å². The molecule has 3 aromatic carbocycles. The Morgan fingerprint density at radius 3 is 1.40 bits per heavy atom. The molecule has 0 bridgehead atoms. The minimum Gasteiger partial charge on any atom is -0.291 e. The van der Waals surface area contributed by atoms with Gasteiger partial charge in [-0.2, -0.15) is 0 Å². The monoisotopic (exact) mass is 455 g/mol. The molecule has 0 atom stereocenters. The zero-order chi connectivity index (χ0) is 23.7. The van der Waals surface area contributed by atoms with Crippen molar-refractivity contribution < 1.29 is 0 Å². The van der Waals surface area contributed by atoms with Crippen LogP contribution in [0.5, 0.6) is 0 Å². The molecule has 0 unspecified atom stereocenters. The molecule has 0 spiro atoms. The van der Waals surface area contributed by atoms with Gasteiger partial charge >= 0.3 is 0 Å². The highest BCUT2D eigenvalue weighted by Gasteiger charge is 2.11. The average Bonchev–Trinajstić information content (AvgIpc) is 2.94. The van der Waals surface area contributed by atoms with Crippen molar-refractivity contribution in [2.75, 3.05) is 6.54 Å². The number of rotatable bonds is 9. The molecule has 0 saturated heterocycles. The highest BCUT2D eigenvalue weighted by atomic mass is 15.1. The molecule has 0 aliphatic heterocycles. The van der Waals surface area contributed by atoms with E-state index < -0.39 is 0 Å². The van der Waals surface area contributed by atoms with E-state index in [4.69, 9.17) is 9.97 Å².